The molecular weight excluding hydrogens is 158 g/mol. The van der Waals surface area contributed by atoms with Crippen LogP contribution in [0.1, 0.15) is 45.4 Å². The monoisotopic (exact) mass is 181 g/mol. The van der Waals surface area contributed by atoms with Crippen molar-refractivity contribution in [1.82, 2.24) is 5.32 Å². The molecule has 2 rings (SSSR count). The van der Waals surface area contributed by atoms with Crippen LogP contribution in [0.5, 0.6) is 0 Å². The van der Waals surface area contributed by atoms with E-state index in [1.807, 2.05) is 0 Å². The first-order valence-corrected chi connectivity index (χ1v) is 6.12. The van der Waals surface area contributed by atoms with Gasteiger partial charge in [-0.25, -0.2) is 0 Å². The molecule has 1 heterocycles. The number of hydrogen-bond donors (Lipinski definition) is 1. The molecule has 0 aromatic heterocycles. The predicted molar refractivity (Wildman–Crippen MR) is 56.7 cm³/mol. The lowest BCUT2D eigenvalue weighted by Gasteiger charge is -2.35. The molecule has 1 aliphatic carbocycles. The zero-order chi connectivity index (χ0) is 9.10. The third kappa shape index (κ3) is 2.07. The van der Waals surface area contributed by atoms with E-state index in [1.165, 1.54) is 51.6 Å². The van der Waals surface area contributed by atoms with Gasteiger partial charge in [-0.1, -0.05) is 39.0 Å². The van der Waals surface area contributed by atoms with Crippen LogP contribution in [0.15, 0.2) is 0 Å². The summed E-state index contributed by atoms with van der Waals surface area (Å²) in [7, 11) is 0. The van der Waals surface area contributed by atoms with Gasteiger partial charge in [0.05, 0.1) is 0 Å². The van der Waals surface area contributed by atoms with Crippen LogP contribution in [0, 0.1) is 17.8 Å². The Bertz CT molecular complexity index is 147. The normalized spacial score (nSPS) is 36.7. The summed E-state index contributed by atoms with van der Waals surface area (Å²) in [6, 6.07) is 0. The van der Waals surface area contributed by atoms with E-state index in [4.69, 9.17) is 0 Å². The van der Waals surface area contributed by atoms with Crippen molar-refractivity contribution in [2.45, 2.75) is 45.4 Å². The molecule has 13 heavy (non-hydrogen) atoms. The van der Waals surface area contributed by atoms with Crippen LogP contribution < -0.4 is 5.32 Å². The fourth-order valence-electron chi connectivity index (χ4n) is 3.40. The Morgan fingerprint density at radius 2 is 1.92 bits per heavy atom. The summed E-state index contributed by atoms with van der Waals surface area (Å²) in [6.45, 7) is 4.93. The molecule has 0 spiro atoms. The number of piperidine rings is 1. The first-order chi connectivity index (χ1) is 6.42. The maximum Gasteiger partial charge on any atom is -0.00179 e. The minimum atomic E-state index is 0.983. The summed E-state index contributed by atoms with van der Waals surface area (Å²) in [4.78, 5) is 0. The third-order valence-corrected chi connectivity index (χ3v) is 4.20. The van der Waals surface area contributed by atoms with Gasteiger partial charge in [0, 0.05) is 0 Å². The Morgan fingerprint density at radius 1 is 1.15 bits per heavy atom. The van der Waals surface area contributed by atoms with E-state index < -0.39 is 0 Å². The summed E-state index contributed by atoms with van der Waals surface area (Å²) >= 11 is 0. The molecule has 2 atom stereocenters. The topological polar surface area (TPSA) is 12.0 Å². The Morgan fingerprint density at radius 3 is 2.62 bits per heavy atom. The lowest BCUT2D eigenvalue weighted by Crippen LogP contribution is -2.39. The molecule has 0 aromatic rings. The van der Waals surface area contributed by atoms with Gasteiger partial charge < -0.3 is 5.32 Å². The molecule has 2 aliphatic rings. The van der Waals surface area contributed by atoms with Gasteiger partial charge in [-0.15, -0.1) is 0 Å². The van der Waals surface area contributed by atoms with Crippen LogP contribution >= 0.6 is 0 Å². The van der Waals surface area contributed by atoms with Crippen LogP contribution in [-0.4, -0.2) is 13.1 Å². The molecule has 1 saturated carbocycles. The van der Waals surface area contributed by atoms with Crippen LogP contribution in [0.2, 0.25) is 0 Å². The molecule has 1 N–H and O–H groups in total. The minimum Gasteiger partial charge on any atom is -0.316 e. The molecule has 0 bridgehead atoms. The zero-order valence-corrected chi connectivity index (χ0v) is 8.89. The highest BCUT2D eigenvalue weighted by molar-refractivity contribution is 4.84. The quantitative estimate of drug-likeness (QED) is 0.690. The molecule has 2 fully saturated rings. The van der Waals surface area contributed by atoms with Crippen molar-refractivity contribution in [1.29, 1.82) is 0 Å². The molecule has 0 radical (unpaired) electrons. The Labute approximate surface area is 82.3 Å². The van der Waals surface area contributed by atoms with Gasteiger partial charge in [-0.3, -0.25) is 0 Å². The second kappa shape index (κ2) is 4.45. The van der Waals surface area contributed by atoms with Gasteiger partial charge in [-0.05, 0) is 37.3 Å². The third-order valence-electron chi connectivity index (χ3n) is 4.20. The smallest absolute Gasteiger partial charge is 0.00179 e. The Kier molecular flexibility index (Phi) is 3.26. The largest absolute Gasteiger partial charge is 0.316 e. The molecule has 2 unspecified atom stereocenters. The second-order valence-electron chi connectivity index (χ2n) is 4.87. The van der Waals surface area contributed by atoms with Crippen LogP contribution in [0.25, 0.3) is 0 Å². The van der Waals surface area contributed by atoms with Crippen molar-refractivity contribution < 1.29 is 0 Å². The fourth-order valence-corrected chi connectivity index (χ4v) is 3.40. The highest BCUT2D eigenvalue weighted by Gasteiger charge is 2.31. The zero-order valence-electron chi connectivity index (χ0n) is 8.89. The van der Waals surface area contributed by atoms with E-state index in [0.717, 1.165) is 17.8 Å². The maximum atomic E-state index is 3.54. The van der Waals surface area contributed by atoms with Gasteiger partial charge in [0.2, 0.25) is 0 Å². The lowest BCUT2D eigenvalue weighted by molar-refractivity contribution is 0.171. The predicted octanol–water partition coefficient (Wildman–Crippen LogP) is 2.81. The summed E-state index contributed by atoms with van der Waals surface area (Å²) in [5.74, 6) is 3.14. The number of rotatable bonds is 2. The van der Waals surface area contributed by atoms with Crippen LogP contribution in [0.3, 0.4) is 0 Å². The molecule has 1 aliphatic heterocycles. The van der Waals surface area contributed by atoms with Gasteiger partial charge >= 0.3 is 0 Å². The molecule has 1 nitrogen and oxygen atoms in total. The van der Waals surface area contributed by atoms with Crippen LogP contribution in [0.4, 0.5) is 0 Å². The van der Waals surface area contributed by atoms with Crippen molar-refractivity contribution in [2.24, 2.45) is 17.8 Å². The second-order valence-corrected chi connectivity index (χ2v) is 4.87. The Balaban J connectivity index is 1.93. The lowest BCUT2D eigenvalue weighted by atomic mass is 9.75. The summed E-state index contributed by atoms with van der Waals surface area (Å²) in [5.41, 5.74) is 0. The van der Waals surface area contributed by atoms with Crippen molar-refractivity contribution >= 4 is 0 Å². The van der Waals surface area contributed by atoms with E-state index in [0.29, 0.717) is 0 Å². The first-order valence-electron chi connectivity index (χ1n) is 6.12. The standard InChI is InChI=1S/C12H23N/c1-2-10-9-13-8-7-12(10)11-5-3-4-6-11/h10-13H,2-9H2,1H3. The maximum absolute atomic E-state index is 3.54. The molecule has 1 saturated heterocycles. The van der Waals surface area contributed by atoms with Crippen LogP contribution in [-0.2, 0) is 0 Å². The highest BCUT2D eigenvalue weighted by Crippen LogP contribution is 2.39. The SMILES string of the molecule is CCC1CNCCC1C1CCCC1. The number of hydrogen-bond acceptors (Lipinski definition) is 1. The average molecular weight is 181 g/mol. The van der Waals surface area contributed by atoms with Crippen molar-refractivity contribution in [3.8, 4) is 0 Å². The van der Waals surface area contributed by atoms with E-state index in [1.54, 1.807) is 0 Å². The van der Waals surface area contributed by atoms with Crippen molar-refractivity contribution in [3.63, 3.8) is 0 Å². The summed E-state index contributed by atoms with van der Waals surface area (Å²) < 4.78 is 0. The minimum absolute atomic E-state index is 0.983. The molecular formula is C12H23N. The van der Waals surface area contributed by atoms with Crippen molar-refractivity contribution in [2.75, 3.05) is 13.1 Å². The Hall–Kier alpha value is -0.0400. The van der Waals surface area contributed by atoms with E-state index in [-0.39, 0.29) is 0 Å². The van der Waals surface area contributed by atoms with E-state index >= 15 is 0 Å². The van der Waals surface area contributed by atoms with E-state index in [2.05, 4.69) is 12.2 Å². The molecule has 76 valence electrons. The number of nitrogens with one attached hydrogen (secondary N) is 1. The summed E-state index contributed by atoms with van der Waals surface area (Å²) in [6.07, 6.45) is 8.90. The average Bonchev–Trinajstić information content (AvgIpc) is 2.70. The van der Waals surface area contributed by atoms with Gasteiger partial charge in [0.1, 0.15) is 0 Å². The fraction of sp³-hybridized carbons (Fsp3) is 1.00. The van der Waals surface area contributed by atoms with Gasteiger partial charge in [-0.2, -0.15) is 0 Å². The summed E-state index contributed by atoms with van der Waals surface area (Å²) in [5, 5.41) is 3.54. The van der Waals surface area contributed by atoms with Gasteiger partial charge in [0.15, 0.2) is 0 Å². The first kappa shape index (κ1) is 9.51. The molecule has 0 amide bonds. The van der Waals surface area contributed by atoms with Crippen molar-refractivity contribution in [3.05, 3.63) is 0 Å². The highest BCUT2D eigenvalue weighted by atomic mass is 14.9. The van der Waals surface area contributed by atoms with Gasteiger partial charge in [0.25, 0.3) is 0 Å². The van der Waals surface area contributed by atoms with E-state index in [9.17, 15) is 0 Å². The molecule has 0 aromatic carbocycles. The molecule has 1 heteroatoms.